The number of nitrogens with zero attached hydrogens (tertiary/aromatic N) is 1. The molecule has 0 aromatic heterocycles. The van der Waals surface area contributed by atoms with Crippen molar-refractivity contribution >= 4 is 12.0 Å². The average Bonchev–Trinajstić information content (AvgIpc) is 2.67. The van der Waals surface area contributed by atoms with Gasteiger partial charge in [-0.05, 0) is 13.8 Å². The highest BCUT2D eigenvalue weighted by molar-refractivity contribution is 5.82. The fraction of sp³-hybridized carbons (Fsp3) is 0.833. The van der Waals surface area contributed by atoms with Crippen molar-refractivity contribution in [3.8, 4) is 0 Å². The first-order valence-corrected chi connectivity index (χ1v) is 6.35. The number of ether oxygens (including phenoxy) is 2. The largest absolute Gasteiger partial charge is 0.438 e. The van der Waals surface area contributed by atoms with Gasteiger partial charge in [-0.15, -0.1) is 0 Å². The van der Waals surface area contributed by atoms with Crippen LogP contribution in [0.5, 0.6) is 0 Å². The van der Waals surface area contributed by atoms with Gasteiger partial charge in [-0.1, -0.05) is 0 Å². The monoisotopic (exact) mass is 254 g/mol. The molecule has 6 heteroatoms. The molecule has 0 radical (unpaired) electrons. The maximum atomic E-state index is 12.1. The summed E-state index contributed by atoms with van der Waals surface area (Å²) in [7, 11) is 0. The van der Waals surface area contributed by atoms with E-state index in [1.807, 2.05) is 13.8 Å². The molecule has 0 aliphatic carbocycles. The first-order chi connectivity index (χ1) is 8.44. The lowest BCUT2D eigenvalue weighted by Gasteiger charge is -2.35. The number of carbonyl (C=O) groups excluding carboxylic acids is 2. The van der Waals surface area contributed by atoms with Crippen LogP contribution >= 0.6 is 0 Å². The smallest absolute Gasteiger partial charge is 0.408 e. The van der Waals surface area contributed by atoms with Crippen LogP contribution in [0.2, 0.25) is 0 Å². The summed E-state index contributed by atoms with van der Waals surface area (Å²) < 4.78 is 10.7. The van der Waals surface area contributed by atoms with Crippen LogP contribution in [-0.2, 0) is 14.3 Å². The van der Waals surface area contributed by atoms with E-state index in [-0.39, 0.29) is 12.0 Å². The van der Waals surface area contributed by atoms with Crippen molar-refractivity contribution in [1.82, 2.24) is 10.2 Å². The molecule has 0 bridgehead atoms. The van der Waals surface area contributed by atoms with Crippen LogP contribution in [0, 0.1) is 0 Å². The van der Waals surface area contributed by atoms with Gasteiger partial charge in [0.05, 0.1) is 18.7 Å². The summed E-state index contributed by atoms with van der Waals surface area (Å²) in [6, 6.07) is 0. The molecule has 2 amide bonds. The van der Waals surface area contributed by atoms with Crippen LogP contribution in [0.3, 0.4) is 0 Å². The number of nitrogens with one attached hydrogen (secondary N) is 1. The molecule has 2 atom stereocenters. The molecule has 100 valence electrons. The van der Waals surface area contributed by atoms with Crippen molar-refractivity contribution in [2.45, 2.75) is 43.9 Å². The van der Waals surface area contributed by atoms with E-state index in [1.165, 1.54) is 0 Å². The summed E-state index contributed by atoms with van der Waals surface area (Å²) in [5.74, 6) is 0.0249. The third-order valence-electron chi connectivity index (χ3n) is 4.36. The van der Waals surface area contributed by atoms with Crippen molar-refractivity contribution in [1.29, 1.82) is 0 Å². The predicted molar refractivity (Wildman–Crippen MR) is 62.0 cm³/mol. The SMILES string of the molecule is CC1(C)NC(=O)OC12CCN(C(=O)C1CCO1)C2. The summed E-state index contributed by atoms with van der Waals surface area (Å²) in [5.41, 5.74) is -1.04. The minimum Gasteiger partial charge on any atom is -0.438 e. The number of alkyl carbamates (subject to hydrolysis) is 1. The Hall–Kier alpha value is -1.30. The lowest BCUT2D eigenvalue weighted by molar-refractivity contribution is -0.156. The number of hydrogen-bond acceptors (Lipinski definition) is 4. The molecule has 3 saturated heterocycles. The Bertz CT molecular complexity index is 405. The lowest BCUT2D eigenvalue weighted by atomic mass is 9.83. The zero-order chi connectivity index (χ0) is 13.0. The highest BCUT2D eigenvalue weighted by Crippen LogP contribution is 2.40. The molecule has 6 nitrogen and oxygen atoms in total. The van der Waals surface area contributed by atoms with Gasteiger partial charge in [0.2, 0.25) is 0 Å². The van der Waals surface area contributed by atoms with E-state index in [2.05, 4.69) is 5.32 Å². The van der Waals surface area contributed by atoms with Crippen LogP contribution in [0.1, 0.15) is 26.7 Å². The van der Waals surface area contributed by atoms with Gasteiger partial charge in [-0.3, -0.25) is 4.79 Å². The molecule has 1 spiro atoms. The van der Waals surface area contributed by atoms with E-state index >= 15 is 0 Å². The zero-order valence-corrected chi connectivity index (χ0v) is 10.7. The van der Waals surface area contributed by atoms with E-state index < -0.39 is 17.2 Å². The standard InChI is InChI=1S/C12H18N2O4/c1-11(2)12(18-10(16)13-11)4-5-14(7-12)9(15)8-3-6-17-8/h8H,3-7H2,1-2H3,(H,13,16). The van der Waals surface area contributed by atoms with Gasteiger partial charge in [0.15, 0.2) is 5.60 Å². The highest BCUT2D eigenvalue weighted by Gasteiger charge is 2.59. The fourth-order valence-corrected chi connectivity index (χ4v) is 2.90. The molecule has 3 heterocycles. The Kier molecular flexibility index (Phi) is 2.35. The molecule has 0 saturated carbocycles. The van der Waals surface area contributed by atoms with Crippen LogP contribution in [0.25, 0.3) is 0 Å². The molecule has 1 N–H and O–H groups in total. The summed E-state index contributed by atoms with van der Waals surface area (Å²) in [6.07, 6.45) is 0.795. The van der Waals surface area contributed by atoms with Crippen molar-refractivity contribution in [2.75, 3.05) is 19.7 Å². The van der Waals surface area contributed by atoms with Crippen molar-refractivity contribution in [2.24, 2.45) is 0 Å². The Morgan fingerprint density at radius 2 is 2.22 bits per heavy atom. The van der Waals surface area contributed by atoms with Crippen molar-refractivity contribution < 1.29 is 19.1 Å². The Morgan fingerprint density at radius 1 is 1.50 bits per heavy atom. The van der Waals surface area contributed by atoms with Gasteiger partial charge in [0, 0.05) is 19.4 Å². The number of likely N-dealkylation sites (tertiary alicyclic amines) is 1. The molecule has 18 heavy (non-hydrogen) atoms. The molecule has 0 aromatic carbocycles. The molecule has 3 rings (SSSR count). The average molecular weight is 254 g/mol. The zero-order valence-electron chi connectivity index (χ0n) is 10.7. The predicted octanol–water partition coefficient (Wildman–Crippen LogP) is 0.265. The van der Waals surface area contributed by atoms with Gasteiger partial charge in [0.1, 0.15) is 6.10 Å². The van der Waals surface area contributed by atoms with Gasteiger partial charge in [-0.25, -0.2) is 4.79 Å². The normalized spacial score (nSPS) is 37.3. The van der Waals surface area contributed by atoms with E-state index in [4.69, 9.17) is 9.47 Å². The second kappa shape index (κ2) is 3.60. The quantitative estimate of drug-likeness (QED) is 0.729. The summed E-state index contributed by atoms with van der Waals surface area (Å²) in [6.45, 7) is 5.61. The number of carbonyl (C=O) groups is 2. The second-order valence-corrected chi connectivity index (χ2v) is 5.79. The van der Waals surface area contributed by atoms with Crippen LogP contribution in [-0.4, -0.2) is 53.8 Å². The highest BCUT2D eigenvalue weighted by atomic mass is 16.6. The molecule has 3 aliphatic rings. The number of rotatable bonds is 1. The first kappa shape index (κ1) is 11.8. The molecule has 2 unspecified atom stereocenters. The Morgan fingerprint density at radius 3 is 2.72 bits per heavy atom. The number of hydrogen-bond donors (Lipinski definition) is 1. The maximum absolute atomic E-state index is 12.1. The molecule has 3 aliphatic heterocycles. The maximum Gasteiger partial charge on any atom is 0.408 e. The van der Waals surface area contributed by atoms with Crippen LogP contribution in [0.15, 0.2) is 0 Å². The minimum absolute atomic E-state index is 0.0249. The first-order valence-electron chi connectivity index (χ1n) is 6.35. The summed E-state index contributed by atoms with van der Waals surface area (Å²) >= 11 is 0. The van der Waals surface area contributed by atoms with Gasteiger partial charge in [0.25, 0.3) is 5.91 Å². The minimum atomic E-state index is -0.594. The Labute approximate surface area is 106 Å². The summed E-state index contributed by atoms with van der Waals surface area (Å²) in [4.78, 5) is 25.3. The topological polar surface area (TPSA) is 67.9 Å². The Balaban J connectivity index is 1.74. The van der Waals surface area contributed by atoms with E-state index in [0.717, 1.165) is 6.42 Å². The van der Waals surface area contributed by atoms with Crippen LogP contribution < -0.4 is 5.32 Å². The van der Waals surface area contributed by atoms with Crippen molar-refractivity contribution in [3.05, 3.63) is 0 Å². The van der Waals surface area contributed by atoms with E-state index in [9.17, 15) is 9.59 Å². The second-order valence-electron chi connectivity index (χ2n) is 5.79. The lowest BCUT2D eigenvalue weighted by Crippen LogP contribution is -2.55. The third-order valence-corrected chi connectivity index (χ3v) is 4.36. The van der Waals surface area contributed by atoms with Crippen LogP contribution in [0.4, 0.5) is 4.79 Å². The van der Waals surface area contributed by atoms with Crippen molar-refractivity contribution in [3.63, 3.8) is 0 Å². The molecule has 0 aromatic rings. The van der Waals surface area contributed by atoms with Gasteiger partial charge in [-0.2, -0.15) is 0 Å². The molecular formula is C12H18N2O4. The van der Waals surface area contributed by atoms with E-state index in [1.54, 1.807) is 4.90 Å². The van der Waals surface area contributed by atoms with Gasteiger partial charge < -0.3 is 19.7 Å². The third kappa shape index (κ3) is 1.51. The summed E-state index contributed by atoms with van der Waals surface area (Å²) in [5, 5.41) is 2.81. The van der Waals surface area contributed by atoms with E-state index in [0.29, 0.717) is 26.1 Å². The fourth-order valence-electron chi connectivity index (χ4n) is 2.90. The molecule has 3 fully saturated rings. The van der Waals surface area contributed by atoms with Gasteiger partial charge >= 0.3 is 6.09 Å². The molecular weight excluding hydrogens is 236 g/mol. The number of amides is 2.